The van der Waals surface area contributed by atoms with Crippen LogP contribution in [0.5, 0.6) is 0 Å². The van der Waals surface area contributed by atoms with Crippen LogP contribution in [0.1, 0.15) is 49.7 Å². The summed E-state index contributed by atoms with van der Waals surface area (Å²) in [7, 11) is 0. The second-order valence-electron chi connectivity index (χ2n) is 11.1. The van der Waals surface area contributed by atoms with Gasteiger partial charge in [0.1, 0.15) is 12.4 Å². The van der Waals surface area contributed by atoms with Crippen molar-refractivity contribution in [1.82, 2.24) is 10.2 Å². The van der Waals surface area contributed by atoms with Crippen LogP contribution in [0.15, 0.2) is 54.6 Å². The Bertz CT molecular complexity index is 1200. The number of nitrogens with one attached hydrogen (secondary N) is 2. The summed E-state index contributed by atoms with van der Waals surface area (Å²) in [6.45, 7) is 2.00. The molecule has 0 radical (unpaired) electrons. The van der Waals surface area contributed by atoms with Gasteiger partial charge in [0.25, 0.3) is 0 Å². The minimum Gasteiger partial charge on any atom is -0.445 e. The fourth-order valence-corrected chi connectivity index (χ4v) is 6.25. The molecule has 1 unspecified atom stereocenters. The zero-order chi connectivity index (χ0) is 28.3. The Kier molecular flexibility index (Phi) is 8.44. The second kappa shape index (κ2) is 12.0. The molecule has 1 saturated heterocycles. The zero-order valence-corrected chi connectivity index (χ0v) is 22.2. The van der Waals surface area contributed by atoms with Crippen molar-refractivity contribution >= 4 is 23.5 Å². The van der Waals surface area contributed by atoms with Crippen LogP contribution in [0.3, 0.4) is 0 Å². The monoisotopic (exact) mass is 557 g/mol. The van der Waals surface area contributed by atoms with E-state index in [9.17, 15) is 27.6 Å². The Morgan fingerprint density at radius 1 is 0.900 bits per heavy atom. The molecule has 214 valence electrons. The van der Waals surface area contributed by atoms with Crippen molar-refractivity contribution in [2.24, 2.45) is 17.8 Å². The number of carbonyl (C=O) groups is 3. The number of ether oxygens (including phenoxy) is 1. The minimum atomic E-state index is -4.48. The van der Waals surface area contributed by atoms with E-state index in [-0.39, 0.29) is 49.0 Å². The predicted octanol–water partition coefficient (Wildman–Crippen LogP) is 5.41. The number of alkyl halides is 3. The van der Waals surface area contributed by atoms with Crippen LogP contribution in [0.4, 0.5) is 23.7 Å². The van der Waals surface area contributed by atoms with E-state index in [1.807, 2.05) is 30.3 Å². The number of rotatable bonds is 9. The van der Waals surface area contributed by atoms with E-state index in [1.54, 1.807) is 0 Å². The maximum absolute atomic E-state index is 12.9. The highest BCUT2D eigenvalue weighted by atomic mass is 19.4. The van der Waals surface area contributed by atoms with Gasteiger partial charge in [0.15, 0.2) is 0 Å². The average molecular weight is 558 g/mol. The third kappa shape index (κ3) is 7.02. The molecule has 2 amide bonds. The Morgan fingerprint density at radius 2 is 1.60 bits per heavy atom. The van der Waals surface area contributed by atoms with Gasteiger partial charge >= 0.3 is 12.3 Å². The molecule has 2 aliphatic carbocycles. The highest BCUT2D eigenvalue weighted by Crippen LogP contribution is 2.53. The van der Waals surface area contributed by atoms with E-state index in [2.05, 4.69) is 15.5 Å². The van der Waals surface area contributed by atoms with Crippen LogP contribution in [-0.2, 0) is 27.1 Å². The van der Waals surface area contributed by atoms with Crippen molar-refractivity contribution in [2.45, 2.75) is 63.4 Å². The molecule has 2 saturated carbocycles. The number of hydrogen-bond donors (Lipinski definition) is 2. The number of anilines is 1. The molecule has 40 heavy (non-hydrogen) atoms. The van der Waals surface area contributed by atoms with Crippen molar-refractivity contribution in [1.29, 1.82) is 0 Å². The highest BCUT2D eigenvalue weighted by molar-refractivity contribution is 5.94. The minimum absolute atomic E-state index is 0.0185. The number of piperidine rings is 1. The predicted molar refractivity (Wildman–Crippen MR) is 142 cm³/mol. The summed E-state index contributed by atoms with van der Waals surface area (Å²) < 4.78 is 43.9. The Morgan fingerprint density at radius 3 is 2.27 bits per heavy atom. The first-order valence-electron chi connectivity index (χ1n) is 13.9. The number of ketones is 1. The van der Waals surface area contributed by atoms with Gasteiger partial charge in [-0.05, 0) is 61.3 Å². The summed E-state index contributed by atoms with van der Waals surface area (Å²) in [6.07, 6.45) is -1.07. The molecule has 3 aliphatic rings. The third-order valence-electron chi connectivity index (χ3n) is 8.41. The van der Waals surface area contributed by atoms with E-state index < -0.39 is 17.6 Å². The van der Waals surface area contributed by atoms with Gasteiger partial charge in [-0.2, -0.15) is 13.2 Å². The maximum Gasteiger partial charge on any atom is 0.416 e. The van der Waals surface area contributed by atoms with Gasteiger partial charge in [0.05, 0.1) is 5.56 Å². The smallest absolute Gasteiger partial charge is 0.416 e. The van der Waals surface area contributed by atoms with Crippen molar-refractivity contribution in [3.8, 4) is 0 Å². The van der Waals surface area contributed by atoms with E-state index in [0.29, 0.717) is 17.9 Å². The van der Waals surface area contributed by atoms with Gasteiger partial charge < -0.3 is 15.4 Å². The standard InChI is InChI=1S/C30H34F3N3O4/c31-30(32,33)20-7-4-8-22(15-20)34-27(38)14-13-26(37)28-24-16-36(17-25(24)28)23-11-9-21(10-12-23)35-29(39)40-18-19-5-2-1-3-6-19/h1-8,15,21,23-25,28H,9-14,16-18H2,(H,34,38)(H,35,39)/t21?,23?,24-,25+,28?. The Balaban J connectivity index is 0.975. The van der Waals surface area contributed by atoms with Gasteiger partial charge in [-0.1, -0.05) is 36.4 Å². The average Bonchev–Trinajstić information content (AvgIpc) is 3.44. The number of fused-ring (bicyclic) bond motifs is 1. The summed E-state index contributed by atoms with van der Waals surface area (Å²) in [4.78, 5) is 39.6. The molecule has 10 heteroatoms. The molecule has 1 aliphatic heterocycles. The summed E-state index contributed by atoms with van der Waals surface area (Å²) in [5.74, 6) is 0.228. The molecule has 2 N–H and O–H groups in total. The molecule has 5 rings (SSSR count). The van der Waals surface area contributed by atoms with Crippen LogP contribution in [0, 0.1) is 17.8 Å². The van der Waals surface area contributed by atoms with Gasteiger partial charge in [-0.3, -0.25) is 14.5 Å². The number of Topliss-reactive ketones (excluding diaryl/α,β-unsaturated/α-hetero) is 1. The first-order chi connectivity index (χ1) is 19.2. The molecule has 0 bridgehead atoms. The molecule has 0 spiro atoms. The van der Waals surface area contributed by atoms with E-state index >= 15 is 0 Å². The van der Waals surface area contributed by atoms with Crippen molar-refractivity contribution in [2.75, 3.05) is 18.4 Å². The summed E-state index contributed by atoms with van der Waals surface area (Å²) in [5.41, 5.74) is 0.187. The highest BCUT2D eigenvalue weighted by Gasteiger charge is 2.59. The number of likely N-dealkylation sites (tertiary alicyclic amines) is 1. The molecule has 3 atom stereocenters. The molecular formula is C30H34F3N3O4. The first-order valence-corrected chi connectivity index (χ1v) is 13.9. The van der Waals surface area contributed by atoms with Crippen LogP contribution >= 0.6 is 0 Å². The number of alkyl carbamates (subject to hydrolysis) is 1. The lowest BCUT2D eigenvalue weighted by molar-refractivity contribution is -0.137. The SMILES string of the molecule is O=C(CCC(=O)C1[C@H]2CN(C3CCC(NC(=O)OCc4ccccc4)CC3)C[C@@H]12)Nc1cccc(C(F)(F)F)c1. The first kappa shape index (κ1) is 28.1. The lowest BCUT2D eigenvalue weighted by Crippen LogP contribution is -2.44. The van der Waals surface area contributed by atoms with Crippen LogP contribution in [-0.4, -0.2) is 47.9 Å². The lowest BCUT2D eigenvalue weighted by Gasteiger charge is -2.35. The molecule has 3 fully saturated rings. The fourth-order valence-electron chi connectivity index (χ4n) is 6.25. The third-order valence-corrected chi connectivity index (χ3v) is 8.41. The molecular weight excluding hydrogens is 523 g/mol. The van der Waals surface area contributed by atoms with Crippen LogP contribution in [0.25, 0.3) is 0 Å². The fraction of sp³-hybridized carbons (Fsp3) is 0.500. The van der Waals surface area contributed by atoms with Crippen molar-refractivity contribution in [3.63, 3.8) is 0 Å². The number of carbonyl (C=O) groups excluding carboxylic acids is 3. The Labute approximate surface area is 231 Å². The summed E-state index contributed by atoms with van der Waals surface area (Å²) in [5, 5.41) is 5.45. The van der Waals surface area contributed by atoms with Crippen molar-refractivity contribution in [3.05, 3.63) is 65.7 Å². The molecule has 2 aromatic carbocycles. The van der Waals surface area contributed by atoms with Crippen molar-refractivity contribution < 1.29 is 32.3 Å². The van der Waals surface area contributed by atoms with Crippen LogP contribution < -0.4 is 10.6 Å². The second-order valence-corrected chi connectivity index (χ2v) is 11.1. The summed E-state index contributed by atoms with van der Waals surface area (Å²) >= 11 is 0. The number of hydrogen-bond acceptors (Lipinski definition) is 5. The lowest BCUT2D eigenvalue weighted by atomic mass is 9.90. The van der Waals surface area contributed by atoms with E-state index in [1.165, 1.54) is 12.1 Å². The number of halogens is 3. The molecule has 7 nitrogen and oxygen atoms in total. The normalized spacial score (nSPS) is 26.0. The number of amides is 2. The zero-order valence-electron chi connectivity index (χ0n) is 22.2. The Hall–Kier alpha value is -3.40. The maximum atomic E-state index is 12.9. The molecule has 2 aromatic rings. The molecule has 0 aromatic heterocycles. The van der Waals surface area contributed by atoms with Gasteiger partial charge in [0.2, 0.25) is 5.91 Å². The topological polar surface area (TPSA) is 87.7 Å². The van der Waals surface area contributed by atoms with Crippen LogP contribution in [0.2, 0.25) is 0 Å². The summed E-state index contributed by atoms with van der Waals surface area (Å²) in [6, 6.07) is 14.6. The van der Waals surface area contributed by atoms with Gasteiger partial charge in [0, 0.05) is 49.6 Å². The van der Waals surface area contributed by atoms with Gasteiger partial charge in [-0.15, -0.1) is 0 Å². The number of nitrogens with zero attached hydrogens (tertiary/aromatic N) is 1. The molecule has 1 heterocycles. The van der Waals surface area contributed by atoms with Gasteiger partial charge in [-0.25, -0.2) is 4.79 Å². The quantitative estimate of drug-likeness (QED) is 0.431. The largest absolute Gasteiger partial charge is 0.445 e. The van der Waals surface area contributed by atoms with E-state index in [4.69, 9.17) is 4.74 Å². The van der Waals surface area contributed by atoms with E-state index in [0.717, 1.165) is 56.5 Å². The number of benzene rings is 2.